The Hall–Kier alpha value is -2.44. The first-order valence-corrected chi connectivity index (χ1v) is 8.94. The first kappa shape index (κ1) is 16.1. The van der Waals surface area contributed by atoms with Crippen LogP contribution in [0, 0.1) is 17.1 Å². The van der Waals surface area contributed by atoms with Gasteiger partial charge in [0.1, 0.15) is 5.82 Å². The van der Waals surface area contributed by atoms with Crippen molar-refractivity contribution in [2.24, 2.45) is 0 Å². The number of benzene rings is 2. The van der Waals surface area contributed by atoms with Crippen LogP contribution in [0.1, 0.15) is 42.4 Å². The zero-order valence-corrected chi connectivity index (χ0v) is 14.2. The van der Waals surface area contributed by atoms with Crippen LogP contribution in [-0.2, 0) is 6.54 Å². The van der Waals surface area contributed by atoms with E-state index in [4.69, 9.17) is 5.26 Å². The predicted octanol–water partition coefficient (Wildman–Crippen LogP) is 4.91. The van der Waals surface area contributed by atoms with Crippen LogP contribution < -0.4 is 0 Å². The summed E-state index contributed by atoms with van der Waals surface area (Å²) < 4.78 is 13.8. The third-order valence-electron chi connectivity index (χ3n) is 5.39. The second kappa shape index (κ2) is 6.82. The second-order valence-corrected chi connectivity index (χ2v) is 7.05. The van der Waals surface area contributed by atoms with Crippen molar-refractivity contribution in [3.8, 4) is 6.07 Å². The molecule has 2 aliphatic heterocycles. The third kappa shape index (κ3) is 3.36. The number of hydrogen-bond donors (Lipinski definition) is 0. The molecule has 2 unspecified atom stereocenters. The smallest absolute Gasteiger partial charge is 0.125 e. The number of fused-ring (bicyclic) bond motifs is 2. The summed E-state index contributed by atoms with van der Waals surface area (Å²) in [7, 11) is 0. The molecule has 0 spiro atoms. The maximum Gasteiger partial charge on any atom is 0.125 e. The van der Waals surface area contributed by atoms with E-state index in [0.717, 1.165) is 24.9 Å². The fraction of sp³-hybridized carbons (Fsp3) is 0.318. The molecule has 1 saturated heterocycles. The largest absolute Gasteiger partial charge is 0.289 e. The van der Waals surface area contributed by atoms with Gasteiger partial charge in [-0.25, -0.2) is 4.39 Å². The van der Waals surface area contributed by atoms with Crippen LogP contribution in [-0.4, -0.2) is 17.0 Å². The van der Waals surface area contributed by atoms with Gasteiger partial charge in [0.05, 0.1) is 11.6 Å². The second-order valence-electron chi connectivity index (χ2n) is 7.05. The van der Waals surface area contributed by atoms with Crippen molar-refractivity contribution in [2.45, 2.75) is 44.3 Å². The van der Waals surface area contributed by atoms with Crippen LogP contribution in [0.15, 0.2) is 54.6 Å². The van der Waals surface area contributed by atoms with E-state index in [0.29, 0.717) is 17.6 Å². The highest BCUT2D eigenvalue weighted by molar-refractivity contribution is 5.69. The van der Waals surface area contributed by atoms with Gasteiger partial charge in [0.2, 0.25) is 0 Å². The van der Waals surface area contributed by atoms with Crippen LogP contribution in [0.2, 0.25) is 0 Å². The van der Waals surface area contributed by atoms with E-state index in [-0.39, 0.29) is 5.82 Å². The summed E-state index contributed by atoms with van der Waals surface area (Å²) in [5.74, 6) is -0.327. The van der Waals surface area contributed by atoms with Gasteiger partial charge in [-0.2, -0.15) is 5.26 Å². The molecule has 126 valence electrons. The summed E-state index contributed by atoms with van der Waals surface area (Å²) in [6.45, 7) is 0.965. The maximum absolute atomic E-state index is 13.8. The number of nitriles is 1. The van der Waals surface area contributed by atoms with Crippen molar-refractivity contribution in [2.75, 3.05) is 0 Å². The normalized spacial score (nSPS) is 23.0. The predicted molar refractivity (Wildman–Crippen MR) is 97.1 cm³/mol. The fourth-order valence-corrected chi connectivity index (χ4v) is 4.21. The molecule has 0 aromatic heterocycles. The topological polar surface area (TPSA) is 27.0 Å². The van der Waals surface area contributed by atoms with E-state index in [2.05, 4.69) is 47.4 Å². The molecule has 2 heterocycles. The molecule has 2 bridgehead atoms. The minimum Gasteiger partial charge on any atom is -0.289 e. The lowest BCUT2D eigenvalue weighted by atomic mass is 9.82. The zero-order valence-electron chi connectivity index (χ0n) is 14.2. The van der Waals surface area contributed by atoms with Gasteiger partial charge in [0, 0.05) is 18.6 Å². The molecule has 2 aliphatic rings. The highest BCUT2D eigenvalue weighted by Gasteiger charge is 2.34. The van der Waals surface area contributed by atoms with E-state index < -0.39 is 0 Å². The summed E-state index contributed by atoms with van der Waals surface area (Å²) in [6.07, 6.45) is 6.80. The monoisotopic (exact) mass is 332 g/mol. The Morgan fingerprint density at radius 3 is 2.72 bits per heavy atom. The van der Waals surface area contributed by atoms with E-state index >= 15 is 0 Å². The number of rotatable bonds is 3. The Balaban J connectivity index is 1.63. The maximum atomic E-state index is 13.8. The van der Waals surface area contributed by atoms with E-state index in [1.165, 1.54) is 30.0 Å². The molecule has 0 radical (unpaired) electrons. The Labute approximate surface area is 148 Å². The molecule has 25 heavy (non-hydrogen) atoms. The van der Waals surface area contributed by atoms with Gasteiger partial charge >= 0.3 is 0 Å². The average molecular weight is 332 g/mol. The van der Waals surface area contributed by atoms with Crippen LogP contribution in [0.3, 0.4) is 0 Å². The van der Waals surface area contributed by atoms with Crippen LogP contribution in [0.25, 0.3) is 5.57 Å². The van der Waals surface area contributed by atoms with Crippen LogP contribution in [0.5, 0.6) is 0 Å². The third-order valence-corrected chi connectivity index (χ3v) is 5.39. The molecule has 0 saturated carbocycles. The number of hydrogen-bond acceptors (Lipinski definition) is 2. The highest BCUT2D eigenvalue weighted by Crippen LogP contribution is 2.38. The van der Waals surface area contributed by atoms with Crippen molar-refractivity contribution < 1.29 is 4.39 Å². The van der Waals surface area contributed by atoms with Gasteiger partial charge in [0.25, 0.3) is 0 Å². The lowest BCUT2D eigenvalue weighted by Crippen LogP contribution is -2.47. The quantitative estimate of drug-likeness (QED) is 0.799. The molecule has 0 amide bonds. The molecule has 0 aliphatic carbocycles. The van der Waals surface area contributed by atoms with Crippen LogP contribution >= 0.6 is 0 Å². The molecule has 2 aromatic carbocycles. The summed E-state index contributed by atoms with van der Waals surface area (Å²) in [4.78, 5) is 2.59. The number of nitrogens with zero attached hydrogens (tertiary/aromatic N) is 2. The Kier molecular flexibility index (Phi) is 4.38. The Morgan fingerprint density at radius 2 is 1.96 bits per heavy atom. The number of piperidine rings is 1. The molecule has 2 nitrogen and oxygen atoms in total. The van der Waals surface area contributed by atoms with Crippen molar-refractivity contribution in [1.29, 1.82) is 5.26 Å². The highest BCUT2D eigenvalue weighted by atomic mass is 19.1. The molecule has 1 fully saturated rings. The van der Waals surface area contributed by atoms with Gasteiger partial charge in [-0.1, -0.05) is 42.8 Å². The standard InChI is InChI=1S/C22H21FN2/c23-20-10-17(14-24)9-18(11-20)19-12-21-7-4-8-22(13-19)25(21)15-16-5-2-1-3-6-16/h1-3,5-6,9-12,21-22H,4,7-8,13,15H2. The summed E-state index contributed by atoms with van der Waals surface area (Å²) in [5, 5.41) is 9.11. The molecule has 2 atom stereocenters. The minimum absolute atomic E-state index is 0.327. The lowest BCUT2D eigenvalue weighted by Gasteiger charge is -2.45. The van der Waals surface area contributed by atoms with Gasteiger partial charge in [-0.15, -0.1) is 0 Å². The van der Waals surface area contributed by atoms with Crippen LogP contribution in [0.4, 0.5) is 4.39 Å². The fourth-order valence-electron chi connectivity index (χ4n) is 4.21. The van der Waals surface area contributed by atoms with Crippen molar-refractivity contribution in [1.82, 2.24) is 4.90 Å². The van der Waals surface area contributed by atoms with Crippen molar-refractivity contribution >= 4 is 5.57 Å². The molecular formula is C22H21FN2. The Bertz CT molecular complexity index is 835. The first-order valence-electron chi connectivity index (χ1n) is 8.94. The molecule has 3 heteroatoms. The van der Waals surface area contributed by atoms with Gasteiger partial charge in [0.15, 0.2) is 0 Å². The summed E-state index contributed by atoms with van der Waals surface area (Å²) >= 11 is 0. The van der Waals surface area contributed by atoms with E-state index in [9.17, 15) is 4.39 Å². The molecule has 4 rings (SSSR count). The lowest BCUT2D eigenvalue weighted by molar-refractivity contribution is 0.0951. The van der Waals surface area contributed by atoms with Gasteiger partial charge in [-0.3, -0.25) is 4.90 Å². The van der Waals surface area contributed by atoms with Crippen molar-refractivity contribution in [3.63, 3.8) is 0 Å². The van der Waals surface area contributed by atoms with E-state index in [1.807, 2.05) is 6.07 Å². The zero-order chi connectivity index (χ0) is 17.2. The average Bonchev–Trinajstić information content (AvgIpc) is 2.61. The Morgan fingerprint density at radius 1 is 1.12 bits per heavy atom. The first-order chi connectivity index (χ1) is 12.2. The van der Waals surface area contributed by atoms with Gasteiger partial charge in [-0.05, 0) is 54.2 Å². The van der Waals surface area contributed by atoms with E-state index in [1.54, 1.807) is 6.07 Å². The SMILES string of the molecule is N#Cc1cc(F)cc(C2=CC3CCCC(C2)N3Cc2ccccc2)c1. The molecule has 0 N–H and O–H groups in total. The molecule has 2 aromatic rings. The molecular weight excluding hydrogens is 311 g/mol. The minimum atomic E-state index is -0.327. The summed E-state index contributed by atoms with van der Waals surface area (Å²) in [6, 6.07) is 18.2. The van der Waals surface area contributed by atoms with Gasteiger partial charge < -0.3 is 0 Å². The number of halogens is 1. The summed E-state index contributed by atoms with van der Waals surface area (Å²) in [5.41, 5.74) is 3.80. The van der Waals surface area contributed by atoms with Crippen molar-refractivity contribution in [3.05, 3.63) is 77.1 Å².